The van der Waals surface area contributed by atoms with Crippen LogP contribution >= 0.6 is 0 Å². The van der Waals surface area contributed by atoms with Crippen molar-refractivity contribution in [3.05, 3.63) is 35.7 Å². The fourth-order valence-electron chi connectivity index (χ4n) is 1.97. The van der Waals surface area contributed by atoms with E-state index in [1.807, 2.05) is 25.4 Å². The smallest absolute Gasteiger partial charge is 0.154 e. The van der Waals surface area contributed by atoms with Gasteiger partial charge in [-0.3, -0.25) is 0 Å². The molecule has 0 aliphatic carbocycles. The third-order valence-electron chi connectivity index (χ3n) is 3.51. The van der Waals surface area contributed by atoms with Gasteiger partial charge in [0.1, 0.15) is 0 Å². The Morgan fingerprint density at radius 1 is 1.42 bits per heavy atom. The summed E-state index contributed by atoms with van der Waals surface area (Å²) in [7, 11) is 0. The van der Waals surface area contributed by atoms with Crippen LogP contribution in [0.3, 0.4) is 0 Å². The average molecular weight is 258 g/mol. The van der Waals surface area contributed by atoms with Crippen molar-refractivity contribution in [2.75, 3.05) is 0 Å². The molecule has 2 rings (SSSR count). The maximum absolute atomic E-state index is 4.57. The quantitative estimate of drug-likeness (QED) is 0.687. The number of allylic oxidation sites excluding steroid dienone is 2. The number of amidine groups is 1. The summed E-state index contributed by atoms with van der Waals surface area (Å²) >= 11 is 0. The van der Waals surface area contributed by atoms with E-state index in [4.69, 9.17) is 0 Å². The van der Waals surface area contributed by atoms with Gasteiger partial charge >= 0.3 is 0 Å². The number of nitrogens with zero attached hydrogens (tertiary/aromatic N) is 4. The maximum Gasteiger partial charge on any atom is 0.154 e. The van der Waals surface area contributed by atoms with Crippen molar-refractivity contribution in [2.24, 2.45) is 15.3 Å². The molecule has 0 saturated carbocycles. The Kier molecular flexibility index (Phi) is 4.66. The fourth-order valence-corrected chi connectivity index (χ4v) is 1.97. The molecule has 0 spiro atoms. The summed E-state index contributed by atoms with van der Waals surface area (Å²) in [4.78, 5) is 4.57. The van der Waals surface area contributed by atoms with Gasteiger partial charge in [0.25, 0.3) is 0 Å². The Balaban J connectivity index is 2.25. The molecule has 2 aliphatic heterocycles. The van der Waals surface area contributed by atoms with Crippen LogP contribution in [0.25, 0.3) is 0 Å². The van der Waals surface area contributed by atoms with Crippen LogP contribution in [-0.4, -0.2) is 16.9 Å². The Hall–Kier alpha value is -1.71. The summed E-state index contributed by atoms with van der Waals surface area (Å²) in [6.45, 7) is 6.30. The first-order valence-corrected chi connectivity index (χ1v) is 7.01. The largest absolute Gasteiger partial charge is 0.237 e. The minimum atomic E-state index is 0.166. The molecular formula is C15H22N4. The SMILES string of the molecule is CCC1=CN=C(N2C=C(C)C(C)N=N2)C=CCCC1. The van der Waals surface area contributed by atoms with Crippen molar-refractivity contribution in [3.8, 4) is 0 Å². The normalized spacial score (nSPS) is 24.1. The van der Waals surface area contributed by atoms with Crippen molar-refractivity contribution in [2.45, 2.75) is 52.5 Å². The predicted octanol–water partition coefficient (Wildman–Crippen LogP) is 4.39. The van der Waals surface area contributed by atoms with Crippen molar-refractivity contribution < 1.29 is 0 Å². The highest BCUT2D eigenvalue weighted by Gasteiger charge is 2.14. The molecule has 19 heavy (non-hydrogen) atoms. The first-order valence-electron chi connectivity index (χ1n) is 7.01. The molecule has 0 saturated heterocycles. The highest BCUT2D eigenvalue weighted by atomic mass is 15.6. The summed E-state index contributed by atoms with van der Waals surface area (Å²) in [5.41, 5.74) is 2.59. The lowest BCUT2D eigenvalue weighted by atomic mass is 10.1. The van der Waals surface area contributed by atoms with Crippen molar-refractivity contribution in [1.29, 1.82) is 0 Å². The molecule has 4 nitrogen and oxygen atoms in total. The molecule has 2 heterocycles. The Bertz CT molecular complexity index is 469. The van der Waals surface area contributed by atoms with Gasteiger partial charge in [-0.05, 0) is 51.2 Å². The second-order valence-corrected chi connectivity index (χ2v) is 5.02. The van der Waals surface area contributed by atoms with E-state index >= 15 is 0 Å². The van der Waals surface area contributed by atoms with Crippen LogP contribution in [-0.2, 0) is 0 Å². The second-order valence-electron chi connectivity index (χ2n) is 5.02. The zero-order valence-corrected chi connectivity index (χ0v) is 12.0. The van der Waals surface area contributed by atoms with Gasteiger partial charge in [0.2, 0.25) is 0 Å². The van der Waals surface area contributed by atoms with E-state index in [9.17, 15) is 0 Å². The molecule has 1 unspecified atom stereocenters. The van der Waals surface area contributed by atoms with Gasteiger partial charge in [0.05, 0.1) is 6.04 Å². The van der Waals surface area contributed by atoms with Gasteiger partial charge in [-0.1, -0.05) is 23.8 Å². The maximum atomic E-state index is 4.57. The van der Waals surface area contributed by atoms with E-state index in [2.05, 4.69) is 35.3 Å². The molecule has 1 atom stereocenters. The lowest BCUT2D eigenvalue weighted by molar-refractivity contribution is 0.492. The molecule has 0 fully saturated rings. The van der Waals surface area contributed by atoms with Crippen LogP contribution in [0.5, 0.6) is 0 Å². The minimum Gasteiger partial charge on any atom is -0.237 e. The summed E-state index contributed by atoms with van der Waals surface area (Å²) < 4.78 is 0. The van der Waals surface area contributed by atoms with Gasteiger partial charge in [0.15, 0.2) is 5.84 Å². The molecule has 0 radical (unpaired) electrons. The van der Waals surface area contributed by atoms with Crippen LogP contribution in [0.1, 0.15) is 46.5 Å². The number of aliphatic imine (C=N–C) groups is 1. The third-order valence-corrected chi connectivity index (χ3v) is 3.51. The zero-order chi connectivity index (χ0) is 13.7. The predicted molar refractivity (Wildman–Crippen MR) is 78.7 cm³/mol. The van der Waals surface area contributed by atoms with E-state index in [0.717, 1.165) is 25.1 Å². The van der Waals surface area contributed by atoms with E-state index in [1.54, 1.807) is 5.01 Å². The van der Waals surface area contributed by atoms with Crippen molar-refractivity contribution >= 4 is 5.84 Å². The standard InChI is InChI=1S/C15H22N4/c1-4-14-8-6-5-7-9-15(16-10-14)19-11-12(2)13(3)17-18-19/h7,9-11,13H,4-6,8H2,1-3H3. The van der Waals surface area contributed by atoms with Crippen LogP contribution in [0.4, 0.5) is 0 Å². The van der Waals surface area contributed by atoms with E-state index < -0.39 is 0 Å². The summed E-state index contributed by atoms with van der Waals surface area (Å²) in [5, 5.41) is 10.2. The molecule has 0 aromatic rings. The summed E-state index contributed by atoms with van der Waals surface area (Å²) in [5.74, 6) is 0.836. The van der Waals surface area contributed by atoms with Crippen molar-refractivity contribution in [1.82, 2.24) is 5.01 Å². The van der Waals surface area contributed by atoms with Crippen LogP contribution in [0.15, 0.2) is 51.0 Å². The van der Waals surface area contributed by atoms with Gasteiger partial charge < -0.3 is 0 Å². The van der Waals surface area contributed by atoms with Crippen LogP contribution in [0.2, 0.25) is 0 Å². The second kappa shape index (κ2) is 6.45. The molecule has 0 N–H and O–H groups in total. The molecule has 0 amide bonds. The first-order chi connectivity index (χ1) is 9.20. The first kappa shape index (κ1) is 13.7. The number of rotatable bonds is 1. The fraction of sp³-hybridized carbons (Fsp3) is 0.533. The molecule has 2 aliphatic rings. The highest BCUT2D eigenvalue weighted by molar-refractivity contribution is 5.94. The van der Waals surface area contributed by atoms with Gasteiger partial charge in [0, 0.05) is 12.4 Å². The summed E-state index contributed by atoms with van der Waals surface area (Å²) in [6, 6.07) is 0.166. The van der Waals surface area contributed by atoms with Gasteiger partial charge in [-0.15, -0.1) is 0 Å². The molecule has 0 bridgehead atoms. The highest BCUT2D eigenvalue weighted by Crippen LogP contribution is 2.18. The molecule has 0 aromatic carbocycles. The van der Waals surface area contributed by atoms with E-state index in [0.29, 0.717) is 0 Å². The Morgan fingerprint density at radius 3 is 3.00 bits per heavy atom. The third kappa shape index (κ3) is 3.63. The minimum absolute atomic E-state index is 0.166. The number of hydrogen-bond donors (Lipinski definition) is 0. The zero-order valence-electron chi connectivity index (χ0n) is 12.0. The molecular weight excluding hydrogens is 236 g/mol. The van der Waals surface area contributed by atoms with Crippen molar-refractivity contribution in [3.63, 3.8) is 0 Å². The Morgan fingerprint density at radius 2 is 2.26 bits per heavy atom. The topological polar surface area (TPSA) is 40.3 Å². The van der Waals surface area contributed by atoms with E-state index in [-0.39, 0.29) is 6.04 Å². The van der Waals surface area contributed by atoms with Crippen LogP contribution < -0.4 is 0 Å². The lowest BCUT2D eigenvalue weighted by Crippen LogP contribution is -2.22. The van der Waals surface area contributed by atoms with E-state index in [1.165, 1.54) is 17.6 Å². The molecule has 4 heteroatoms. The van der Waals surface area contributed by atoms with Gasteiger partial charge in [-0.2, -0.15) is 5.11 Å². The average Bonchev–Trinajstić information content (AvgIpc) is 2.53. The van der Waals surface area contributed by atoms with Gasteiger partial charge in [-0.25, -0.2) is 10.0 Å². The monoisotopic (exact) mass is 258 g/mol. The van der Waals surface area contributed by atoms with Crippen LogP contribution in [0, 0.1) is 0 Å². The molecule has 0 aromatic heterocycles. The summed E-state index contributed by atoms with van der Waals surface area (Å²) in [6.07, 6.45) is 12.7. The lowest BCUT2D eigenvalue weighted by Gasteiger charge is -2.20. The number of hydrogen-bond acceptors (Lipinski definition) is 4. The molecule has 102 valence electrons. The Labute approximate surface area is 115 Å².